The minimum atomic E-state index is -0.431. The zero-order chi connectivity index (χ0) is 34.7. The Bertz CT molecular complexity index is 1990. The van der Waals surface area contributed by atoms with E-state index in [0.717, 1.165) is 85.2 Å². The number of hydrogen-bond donors (Lipinski definition) is 1. The molecule has 9 heteroatoms. The van der Waals surface area contributed by atoms with E-state index in [9.17, 15) is 9.59 Å². The number of allylic oxidation sites excluding steroid dienone is 1. The zero-order valence-electron chi connectivity index (χ0n) is 30.0. The number of carbonyl (C=O) groups excluding carboxylic acids is 2. The maximum atomic E-state index is 14.8. The summed E-state index contributed by atoms with van der Waals surface area (Å²) in [4.78, 5) is 31.7. The highest BCUT2D eigenvalue weighted by molar-refractivity contribution is 6.04. The van der Waals surface area contributed by atoms with Gasteiger partial charge in [-0.05, 0) is 125 Å². The third kappa shape index (κ3) is 5.54. The average molecular weight is 675 g/mol. The van der Waals surface area contributed by atoms with Gasteiger partial charge in [-0.25, -0.2) is 0 Å². The summed E-state index contributed by atoms with van der Waals surface area (Å²) in [5.41, 5.74) is 14.8. The monoisotopic (exact) mass is 674 g/mol. The first kappa shape index (κ1) is 32.8. The highest BCUT2D eigenvalue weighted by Gasteiger charge is 2.39. The van der Waals surface area contributed by atoms with E-state index in [2.05, 4.69) is 64.3 Å². The van der Waals surface area contributed by atoms with Gasteiger partial charge in [0.05, 0.1) is 42.8 Å². The summed E-state index contributed by atoms with van der Waals surface area (Å²) < 4.78 is 10.3. The molecule has 2 aromatic heterocycles. The highest BCUT2D eigenvalue weighted by atomic mass is 16.5. The van der Waals surface area contributed by atoms with Crippen molar-refractivity contribution < 1.29 is 14.3 Å². The van der Waals surface area contributed by atoms with Crippen LogP contribution in [0.3, 0.4) is 0 Å². The molecule has 50 heavy (non-hydrogen) atoms. The van der Waals surface area contributed by atoms with Crippen LogP contribution in [0.5, 0.6) is 5.75 Å². The lowest BCUT2D eigenvalue weighted by molar-refractivity contribution is 0.0655. The Balaban J connectivity index is 1.36. The Morgan fingerprint density at radius 1 is 0.960 bits per heavy atom. The number of carbonyl (C=O) groups is 2. The fraction of sp³-hybridized carbons (Fsp3) is 0.488. The van der Waals surface area contributed by atoms with E-state index >= 15 is 0 Å². The number of methoxy groups -OCH3 is 1. The van der Waals surface area contributed by atoms with Gasteiger partial charge in [0.25, 0.3) is 5.91 Å². The fourth-order valence-electron chi connectivity index (χ4n) is 9.26. The first-order valence-electron chi connectivity index (χ1n) is 18.6. The number of likely N-dealkylation sites (tertiary alicyclic amines) is 1. The summed E-state index contributed by atoms with van der Waals surface area (Å²) in [6, 6.07) is 12.9. The number of benzene rings is 2. The molecule has 2 N–H and O–H groups in total. The molecule has 3 fully saturated rings. The fourth-order valence-corrected chi connectivity index (χ4v) is 9.26. The van der Waals surface area contributed by atoms with Crippen molar-refractivity contribution >= 4 is 34.4 Å². The van der Waals surface area contributed by atoms with Crippen LogP contribution in [0.4, 0.5) is 0 Å². The maximum absolute atomic E-state index is 14.8. The first-order valence-corrected chi connectivity index (χ1v) is 18.6. The number of nitrogens with two attached hydrogens (primary N) is 1. The van der Waals surface area contributed by atoms with E-state index < -0.39 is 5.91 Å². The second-order valence-corrected chi connectivity index (χ2v) is 15.4. The van der Waals surface area contributed by atoms with Crippen LogP contribution in [0.2, 0.25) is 0 Å². The largest absolute Gasteiger partial charge is 0.497 e. The molecule has 4 aromatic rings. The first-order chi connectivity index (χ1) is 24.2. The molecule has 2 aliphatic carbocycles. The molecule has 262 valence electrons. The van der Waals surface area contributed by atoms with Crippen molar-refractivity contribution in [2.24, 2.45) is 5.73 Å². The average Bonchev–Trinajstić information content (AvgIpc) is 3.73. The topological polar surface area (TPSA) is 98.6 Å². The highest BCUT2D eigenvalue weighted by Crippen LogP contribution is 2.48. The number of amides is 2. The van der Waals surface area contributed by atoms with E-state index in [-0.39, 0.29) is 24.0 Å². The summed E-state index contributed by atoms with van der Waals surface area (Å²) in [6.45, 7) is 3.55. The van der Waals surface area contributed by atoms with Gasteiger partial charge in [0.2, 0.25) is 5.91 Å². The number of likely N-dealkylation sites (N-methyl/N-ethyl adjacent to an activating group) is 1. The van der Waals surface area contributed by atoms with Gasteiger partial charge in [-0.15, -0.1) is 0 Å². The molecule has 1 saturated heterocycles. The lowest BCUT2D eigenvalue weighted by Crippen LogP contribution is -2.44. The van der Waals surface area contributed by atoms with Crippen LogP contribution in [0, 0.1) is 0 Å². The van der Waals surface area contributed by atoms with Crippen molar-refractivity contribution in [1.82, 2.24) is 24.1 Å². The standard InChI is InChI=1S/C41H50N6O3/c1-25-13-15-31(24-44(2)3)46(25)41(49)35-22-43-47(30-11-8-12-30)38(35)29-19-28-20-32(50-4)16-18-33(28)39-37(26-9-6-5-7-10-26)34-17-14-27(40(42)48)21-36(34)45(39)23-29/h14,16-22,25-26,30-31H,5-13,15,23-24H2,1-4H3,(H2,42,48). The van der Waals surface area contributed by atoms with Crippen molar-refractivity contribution in [2.75, 3.05) is 27.7 Å². The summed E-state index contributed by atoms with van der Waals surface area (Å²) in [6.07, 6.45) is 15.3. The lowest BCUT2D eigenvalue weighted by Gasteiger charge is -2.31. The third-order valence-corrected chi connectivity index (χ3v) is 11.9. The molecule has 2 amide bonds. The quantitative estimate of drug-likeness (QED) is 0.209. The number of rotatable bonds is 8. The van der Waals surface area contributed by atoms with Crippen LogP contribution in [0.1, 0.15) is 121 Å². The smallest absolute Gasteiger partial charge is 0.258 e. The molecule has 2 aliphatic heterocycles. The molecule has 0 radical (unpaired) electrons. The molecule has 0 bridgehead atoms. The minimum Gasteiger partial charge on any atom is -0.497 e. The molecular weight excluding hydrogens is 624 g/mol. The Kier molecular flexibility index (Phi) is 8.58. The molecule has 9 nitrogen and oxygen atoms in total. The minimum absolute atomic E-state index is 0.0648. The molecule has 4 heterocycles. The van der Waals surface area contributed by atoms with E-state index in [1.165, 1.54) is 35.9 Å². The number of hydrogen-bond acceptors (Lipinski definition) is 5. The summed E-state index contributed by atoms with van der Waals surface area (Å²) in [7, 11) is 5.87. The van der Waals surface area contributed by atoms with Gasteiger partial charge >= 0.3 is 0 Å². The van der Waals surface area contributed by atoms with Crippen LogP contribution in [0.15, 0.2) is 42.6 Å². The van der Waals surface area contributed by atoms with Crippen LogP contribution < -0.4 is 10.5 Å². The molecule has 2 aromatic carbocycles. The normalized spacial score (nSPS) is 21.1. The molecule has 8 rings (SSSR count). The van der Waals surface area contributed by atoms with Crippen molar-refractivity contribution in [2.45, 2.75) is 102 Å². The molecule has 4 aliphatic rings. The predicted molar refractivity (Wildman–Crippen MR) is 198 cm³/mol. The van der Waals surface area contributed by atoms with Crippen LogP contribution in [-0.4, -0.2) is 75.8 Å². The summed E-state index contributed by atoms with van der Waals surface area (Å²) in [5, 5.41) is 6.18. The Morgan fingerprint density at radius 3 is 2.46 bits per heavy atom. The van der Waals surface area contributed by atoms with Crippen molar-refractivity contribution in [3.05, 3.63) is 70.5 Å². The molecule has 2 saturated carbocycles. The van der Waals surface area contributed by atoms with Crippen LogP contribution >= 0.6 is 0 Å². The Hall–Kier alpha value is -4.37. The molecule has 0 spiro atoms. The number of nitrogens with zero attached hydrogens (tertiary/aromatic N) is 5. The summed E-state index contributed by atoms with van der Waals surface area (Å²) in [5.74, 6) is 0.843. The molecular formula is C41H50N6O3. The predicted octanol–water partition coefficient (Wildman–Crippen LogP) is 7.49. The number of aromatic nitrogens is 3. The maximum Gasteiger partial charge on any atom is 0.258 e. The van der Waals surface area contributed by atoms with Crippen molar-refractivity contribution in [1.29, 1.82) is 0 Å². The molecule has 2 unspecified atom stereocenters. The number of primary amides is 1. The van der Waals surface area contributed by atoms with Gasteiger partial charge in [-0.3, -0.25) is 14.3 Å². The lowest BCUT2D eigenvalue weighted by atomic mass is 9.81. The van der Waals surface area contributed by atoms with E-state index in [4.69, 9.17) is 15.6 Å². The van der Waals surface area contributed by atoms with Gasteiger partial charge in [0.15, 0.2) is 0 Å². The Labute approximate surface area is 295 Å². The second-order valence-electron chi connectivity index (χ2n) is 15.4. The number of ether oxygens (including phenoxy) is 1. The van der Waals surface area contributed by atoms with E-state index in [1.54, 1.807) is 7.11 Å². The van der Waals surface area contributed by atoms with E-state index in [0.29, 0.717) is 23.6 Å². The van der Waals surface area contributed by atoms with Crippen molar-refractivity contribution in [3.63, 3.8) is 0 Å². The number of fused-ring (bicyclic) bond motifs is 5. The van der Waals surface area contributed by atoms with Gasteiger partial charge < -0.3 is 24.8 Å². The third-order valence-electron chi connectivity index (χ3n) is 11.9. The molecule has 2 atom stereocenters. The van der Waals surface area contributed by atoms with Crippen LogP contribution in [0.25, 0.3) is 33.8 Å². The SMILES string of the molecule is COc1ccc2c(c1)C=C(c1c(C(=O)N3C(C)CCC3CN(C)C)cnn1C1CCC1)Cn1c-2c(C2CCCCC2)c2ccc(C(N)=O)cc21. The van der Waals surface area contributed by atoms with Crippen LogP contribution in [-0.2, 0) is 6.54 Å². The van der Waals surface area contributed by atoms with Gasteiger partial charge in [-0.1, -0.05) is 25.3 Å². The van der Waals surface area contributed by atoms with E-state index in [1.807, 2.05) is 24.4 Å². The van der Waals surface area contributed by atoms with Gasteiger partial charge in [0.1, 0.15) is 5.75 Å². The van der Waals surface area contributed by atoms with Crippen molar-refractivity contribution in [3.8, 4) is 17.0 Å². The second kappa shape index (κ2) is 13.1. The summed E-state index contributed by atoms with van der Waals surface area (Å²) >= 11 is 0. The van der Waals surface area contributed by atoms with Gasteiger partial charge in [-0.2, -0.15) is 5.10 Å². The van der Waals surface area contributed by atoms with Gasteiger partial charge in [0, 0.05) is 40.7 Å². The zero-order valence-corrected chi connectivity index (χ0v) is 30.0. The Morgan fingerprint density at radius 2 is 1.76 bits per heavy atom.